The fraction of sp³-hybridized carbons (Fsp3) is 0.571. The molecule has 0 saturated heterocycles. The van der Waals surface area contributed by atoms with Crippen LogP contribution in [0.4, 0.5) is 5.69 Å². The van der Waals surface area contributed by atoms with Gasteiger partial charge in [-0.25, -0.2) is 0 Å². The second-order valence-electron chi connectivity index (χ2n) is 4.96. The molecule has 2 rings (SSSR count). The molecule has 0 spiro atoms. The smallest absolute Gasteiger partial charge is 0.0403 e. The van der Waals surface area contributed by atoms with Crippen molar-refractivity contribution in [1.29, 1.82) is 0 Å². The normalized spacial score (nSPS) is 15.7. The Bertz CT molecular complexity index is 366. The van der Waals surface area contributed by atoms with E-state index in [1.165, 1.54) is 41.8 Å². The Hall–Kier alpha value is -0.980. The van der Waals surface area contributed by atoms with Crippen LogP contribution >= 0.6 is 0 Å². The lowest BCUT2D eigenvalue weighted by Gasteiger charge is -2.35. The summed E-state index contributed by atoms with van der Waals surface area (Å²) in [6.45, 7) is 10.2. The molecule has 82 valence electrons. The number of anilines is 1. The average Bonchev–Trinajstić information content (AvgIpc) is 2.18. The number of rotatable bonds is 1. The van der Waals surface area contributed by atoms with E-state index in [-0.39, 0.29) is 0 Å². The van der Waals surface area contributed by atoms with Gasteiger partial charge in [-0.15, -0.1) is 0 Å². The number of nitrogens with zero attached hydrogens (tertiary/aromatic N) is 1. The van der Waals surface area contributed by atoms with Crippen LogP contribution < -0.4 is 4.90 Å². The third kappa shape index (κ3) is 1.88. The van der Waals surface area contributed by atoms with Gasteiger partial charge in [0, 0.05) is 18.3 Å². The predicted molar refractivity (Wildman–Crippen MR) is 66.7 cm³/mol. The van der Waals surface area contributed by atoms with Gasteiger partial charge < -0.3 is 4.90 Å². The zero-order chi connectivity index (χ0) is 11.0. The molecular formula is C14H21N. The summed E-state index contributed by atoms with van der Waals surface area (Å²) in [5.41, 5.74) is 5.86. The molecule has 15 heavy (non-hydrogen) atoms. The molecule has 1 aliphatic heterocycles. The van der Waals surface area contributed by atoms with Gasteiger partial charge in [-0.2, -0.15) is 0 Å². The van der Waals surface area contributed by atoms with Crippen LogP contribution in [-0.4, -0.2) is 12.6 Å². The summed E-state index contributed by atoms with van der Waals surface area (Å²) >= 11 is 0. The Labute approximate surface area is 93.1 Å². The maximum absolute atomic E-state index is 2.53. The van der Waals surface area contributed by atoms with E-state index in [1.807, 2.05) is 0 Å². The highest BCUT2D eigenvalue weighted by Gasteiger charge is 2.19. The van der Waals surface area contributed by atoms with E-state index in [1.54, 1.807) is 0 Å². The highest BCUT2D eigenvalue weighted by Crippen LogP contribution is 2.31. The summed E-state index contributed by atoms with van der Waals surface area (Å²) in [5, 5.41) is 0. The van der Waals surface area contributed by atoms with Crippen molar-refractivity contribution >= 4 is 5.69 Å². The zero-order valence-electron chi connectivity index (χ0n) is 10.3. The van der Waals surface area contributed by atoms with Crippen molar-refractivity contribution in [1.82, 2.24) is 0 Å². The first-order valence-corrected chi connectivity index (χ1v) is 5.96. The van der Waals surface area contributed by atoms with Crippen LogP contribution in [0, 0.1) is 13.8 Å². The molecule has 0 aliphatic carbocycles. The predicted octanol–water partition coefficient (Wildman–Crippen LogP) is 3.46. The van der Waals surface area contributed by atoms with Crippen molar-refractivity contribution in [2.24, 2.45) is 0 Å². The Balaban J connectivity index is 2.47. The molecule has 1 aliphatic rings. The minimum atomic E-state index is 0.617. The highest BCUT2D eigenvalue weighted by atomic mass is 15.2. The first-order chi connectivity index (χ1) is 7.09. The van der Waals surface area contributed by atoms with E-state index in [0.29, 0.717) is 6.04 Å². The van der Waals surface area contributed by atoms with Crippen LogP contribution in [0.3, 0.4) is 0 Å². The second kappa shape index (κ2) is 3.88. The first-order valence-electron chi connectivity index (χ1n) is 5.96. The summed E-state index contributed by atoms with van der Waals surface area (Å²) in [4.78, 5) is 2.53. The van der Waals surface area contributed by atoms with E-state index < -0.39 is 0 Å². The minimum Gasteiger partial charge on any atom is -0.369 e. The Morgan fingerprint density at radius 1 is 1.13 bits per heavy atom. The molecule has 0 atom stereocenters. The number of benzene rings is 1. The van der Waals surface area contributed by atoms with Crippen LogP contribution in [0.5, 0.6) is 0 Å². The van der Waals surface area contributed by atoms with Crippen molar-refractivity contribution in [3.05, 3.63) is 28.8 Å². The lowest BCUT2D eigenvalue weighted by molar-refractivity contribution is 0.625. The van der Waals surface area contributed by atoms with E-state index >= 15 is 0 Å². The van der Waals surface area contributed by atoms with Gasteiger partial charge in [0.2, 0.25) is 0 Å². The van der Waals surface area contributed by atoms with Gasteiger partial charge in [0.05, 0.1) is 0 Å². The zero-order valence-corrected chi connectivity index (χ0v) is 10.3. The Morgan fingerprint density at radius 2 is 1.80 bits per heavy atom. The maximum atomic E-state index is 2.53. The summed E-state index contributed by atoms with van der Waals surface area (Å²) in [6.07, 6.45) is 2.55. The van der Waals surface area contributed by atoms with Crippen LogP contribution in [-0.2, 0) is 6.42 Å². The number of aryl methyl sites for hydroxylation is 3. The molecule has 1 aromatic rings. The molecule has 0 aromatic heterocycles. The summed E-state index contributed by atoms with van der Waals surface area (Å²) in [5.74, 6) is 0. The molecule has 0 unspecified atom stereocenters. The van der Waals surface area contributed by atoms with E-state index in [2.05, 4.69) is 44.7 Å². The van der Waals surface area contributed by atoms with Crippen LogP contribution in [0.25, 0.3) is 0 Å². The topological polar surface area (TPSA) is 3.24 Å². The average molecular weight is 203 g/mol. The van der Waals surface area contributed by atoms with Gasteiger partial charge in [-0.3, -0.25) is 0 Å². The van der Waals surface area contributed by atoms with Crippen LogP contribution in [0.2, 0.25) is 0 Å². The van der Waals surface area contributed by atoms with Crippen molar-refractivity contribution < 1.29 is 0 Å². The van der Waals surface area contributed by atoms with Crippen molar-refractivity contribution in [3.63, 3.8) is 0 Å². The standard InChI is InChI=1S/C14H21N/c1-10(2)15-7-5-6-13-8-11(3)12(4)9-14(13)15/h8-10H,5-7H2,1-4H3. The van der Waals surface area contributed by atoms with E-state index in [4.69, 9.17) is 0 Å². The van der Waals surface area contributed by atoms with Crippen LogP contribution in [0.1, 0.15) is 37.0 Å². The Kier molecular flexibility index (Phi) is 2.72. The lowest BCUT2D eigenvalue weighted by atomic mass is 9.96. The molecule has 1 heteroatoms. The monoisotopic (exact) mass is 203 g/mol. The summed E-state index contributed by atoms with van der Waals surface area (Å²) < 4.78 is 0. The molecule has 0 fully saturated rings. The molecule has 0 N–H and O–H groups in total. The number of hydrogen-bond donors (Lipinski definition) is 0. The number of hydrogen-bond acceptors (Lipinski definition) is 1. The fourth-order valence-electron chi connectivity index (χ4n) is 2.43. The molecule has 0 amide bonds. The van der Waals surface area contributed by atoms with E-state index in [0.717, 1.165) is 0 Å². The van der Waals surface area contributed by atoms with Gasteiger partial charge in [-0.1, -0.05) is 6.07 Å². The van der Waals surface area contributed by atoms with Crippen molar-refractivity contribution in [2.75, 3.05) is 11.4 Å². The van der Waals surface area contributed by atoms with E-state index in [9.17, 15) is 0 Å². The lowest BCUT2D eigenvalue weighted by Crippen LogP contribution is -2.35. The quantitative estimate of drug-likeness (QED) is 0.675. The minimum absolute atomic E-state index is 0.617. The van der Waals surface area contributed by atoms with Gasteiger partial charge in [-0.05, 0) is 63.3 Å². The molecule has 1 aromatic carbocycles. The SMILES string of the molecule is Cc1cc2c(cc1C)N(C(C)C)CCC2. The highest BCUT2D eigenvalue weighted by molar-refractivity contribution is 5.59. The summed E-state index contributed by atoms with van der Waals surface area (Å²) in [6, 6.07) is 5.36. The third-order valence-electron chi connectivity index (χ3n) is 3.47. The van der Waals surface area contributed by atoms with Gasteiger partial charge in [0.1, 0.15) is 0 Å². The van der Waals surface area contributed by atoms with Crippen molar-refractivity contribution in [2.45, 2.75) is 46.6 Å². The van der Waals surface area contributed by atoms with Crippen molar-refractivity contribution in [3.8, 4) is 0 Å². The first kappa shape index (κ1) is 10.5. The summed E-state index contributed by atoms with van der Waals surface area (Å²) in [7, 11) is 0. The fourth-order valence-corrected chi connectivity index (χ4v) is 2.43. The molecule has 0 saturated carbocycles. The number of fused-ring (bicyclic) bond motifs is 1. The van der Waals surface area contributed by atoms with Gasteiger partial charge in [0.15, 0.2) is 0 Å². The molecule has 1 heterocycles. The van der Waals surface area contributed by atoms with Crippen LogP contribution in [0.15, 0.2) is 12.1 Å². The second-order valence-corrected chi connectivity index (χ2v) is 4.96. The largest absolute Gasteiger partial charge is 0.369 e. The van der Waals surface area contributed by atoms with Gasteiger partial charge >= 0.3 is 0 Å². The molecule has 1 nitrogen and oxygen atoms in total. The molecule has 0 radical (unpaired) electrons. The molecule has 0 bridgehead atoms. The molecular weight excluding hydrogens is 182 g/mol. The maximum Gasteiger partial charge on any atom is 0.0403 e. The Morgan fingerprint density at radius 3 is 2.47 bits per heavy atom. The third-order valence-corrected chi connectivity index (χ3v) is 3.47. The van der Waals surface area contributed by atoms with Gasteiger partial charge in [0.25, 0.3) is 0 Å².